The average molecular weight is 570 g/mol. The Balaban J connectivity index is 0. The summed E-state index contributed by atoms with van der Waals surface area (Å²) in [6.45, 7) is 3.51. The van der Waals surface area contributed by atoms with Crippen molar-refractivity contribution < 1.29 is 15.0 Å². The number of aliphatic hydroxyl groups is 1. The number of nitrogens with two attached hydrogens (primary N) is 1. The number of aliphatic carboxylic acids is 1. The molecule has 0 spiro atoms. The van der Waals surface area contributed by atoms with Gasteiger partial charge in [-0.1, -0.05) is 187 Å². The number of hydrogen-bond donors (Lipinski definition) is 3. The highest BCUT2D eigenvalue weighted by atomic mass is 16.4. The Hall–Kier alpha value is -0.610. The summed E-state index contributed by atoms with van der Waals surface area (Å²) < 4.78 is 0. The van der Waals surface area contributed by atoms with Crippen LogP contribution in [0.3, 0.4) is 0 Å². The van der Waals surface area contributed by atoms with E-state index < -0.39 is 5.97 Å². The van der Waals surface area contributed by atoms with Crippen LogP contribution in [0.15, 0.2) is 0 Å². The third-order valence-corrected chi connectivity index (χ3v) is 8.11. The van der Waals surface area contributed by atoms with Gasteiger partial charge in [-0.15, -0.1) is 0 Å². The van der Waals surface area contributed by atoms with Crippen molar-refractivity contribution in [2.24, 2.45) is 5.73 Å². The molecular formula is C36H75NO3. The molecule has 0 saturated heterocycles. The van der Waals surface area contributed by atoms with E-state index in [1.807, 2.05) is 0 Å². The SMILES string of the molecule is CCCCCCCCCCCCCCCCCCN.O=C(O)CCCCCCCCCCCCCCCCCO. The van der Waals surface area contributed by atoms with Crippen LogP contribution in [0.5, 0.6) is 0 Å². The molecule has 0 bridgehead atoms. The fraction of sp³-hybridized carbons (Fsp3) is 0.972. The lowest BCUT2D eigenvalue weighted by molar-refractivity contribution is -0.137. The van der Waals surface area contributed by atoms with Gasteiger partial charge in [0.15, 0.2) is 0 Å². The van der Waals surface area contributed by atoms with Crippen molar-refractivity contribution in [3.8, 4) is 0 Å². The second-order valence-corrected chi connectivity index (χ2v) is 12.3. The summed E-state index contributed by atoms with van der Waals surface area (Å²) in [6, 6.07) is 0. The Morgan fingerprint density at radius 2 is 0.675 bits per heavy atom. The van der Waals surface area contributed by atoms with E-state index in [9.17, 15) is 4.79 Å². The second-order valence-electron chi connectivity index (χ2n) is 12.3. The van der Waals surface area contributed by atoms with Gasteiger partial charge in [-0.3, -0.25) is 4.79 Å². The summed E-state index contributed by atoms with van der Waals surface area (Å²) in [4.78, 5) is 10.3. The summed E-state index contributed by atoms with van der Waals surface area (Å²) in [5, 5.41) is 17.2. The van der Waals surface area contributed by atoms with Crippen LogP contribution in [-0.4, -0.2) is 29.3 Å². The lowest BCUT2D eigenvalue weighted by Crippen LogP contribution is -1.97. The molecule has 0 aliphatic carbocycles. The first-order valence-electron chi connectivity index (χ1n) is 18.2. The maximum absolute atomic E-state index is 10.3. The third-order valence-electron chi connectivity index (χ3n) is 8.11. The van der Waals surface area contributed by atoms with E-state index in [2.05, 4.69) is 6.92 Å². The Morgan fingerprint density at radius 1 is 0.425 bits per heavy atom. The molecule has 0 aromatic carbocycles. The lowest BCUT2D eigenvalue weighted by atomic mass is 10.0. The van der Waals surface area contributed by atoms with E-state index in [4.69, 9.17) is 15.9 Å². The fourth-order valence-corrected chi connectivity index (χ4v) is 5.38. The summed E-state index contributed by atoms with van der Waals surface area (Å²) in [6.07, 6.45) is 41.8. The number of aliphatic hydroxyl groups excluding tert-OH is 1. The van der Waals surface area contributed by atoms with Crippen molar-refractivity contribution in [3.63, 3.8) is 0 Å². The quantitative estimate of drug-likeness (QED) is 0.0686. The molecule has 4 heteroatoms. The zero-order valence-electron chi connectivity index (χ0n) is 27.4. The molecule has 0 aliphatic heterocycles. The van der Waals surface area contributed by atoms with Crippen LogP contribution in [0.2, 0.25) is 0 Å². The van der Waals surface area contributed by atoms with Crippen molar-refractivity contribution >= 4 is 5.97 Å². The molecular weight excluding hydrogens is 494 g/mol. The highest BCUT2D eigenvalue weighted by molar-refractivity contribution is 5.66. The maximum Gasteiger partial charge on any atom is 0.303 e. The monoisotopic (exact) mass is 570 g/mol. The molecule has 0 aromatic heterocycles. The van der Waals surface area contributed by atoms with Crippen molar-refractivity contribution in [2.75, 3.05) is 13.2 Å². The van der Waals surface area contributed by atoms with Crippen LogP contribution < -0.4 is 5.73 Å². The van der Waals surface area contributed by atoms with Crippen LogP contribution in [0.25, 0.3) is 0 Å². The first kappa shape index (κ1) is 41.5. The molecule has 0 unspecified atom stereocenters. The van der Waals surface area contributed by atoms with Gasteiger partial charge in [0, 0.05) is 13.0 Å². The summed E-state index contributed by atoms with van der Waals surface area (Å²) in [5.41, 5.74) is 5.48. The van der Waals surface area contributed by atoms with E-state index in [1.54, 1.807) is 0 Å². The van der Waals surface area contributed by atoms with Crippen molar-refractivity contribution in [1.29, 1.82) is 0 Å². The summed E-state index contributed by atoms with van der Waals surface area (Å²) in [5.74, 6) is -0.664. The predicted molar refractivity (Wildman–Crippen MR) is 177 cm³/mol. The number of hydrogen-bond acceptors (Lipinski definition) is 3. The van der Waals surface area contributed by atoms with Gasteiger partial charge in [0.1, 0.15) is 0 Å². The van der Waals surface area contributed by atoms with Gasteiger partial charge in [0.05, 0.1) is 0 Å². The normalized spacial score (nSPS) is 11.0. The number of carboxylic acids is 1. The summed E-state index contributed by atoms with van der Waals surface area (Å²) >= 11 is 0. The van der Waals surface area contributed by atoms with Gasteiger partial charge in [0.2, 0.25) is 0 Å². The lowest BCUT2D eigenvalue weighted by Gasteiger charge is -2.03. The smallest absolute Gasteiger partial charge is 0.303 e. The average Bonchev–Trinajstić information content (AvgIpc) is 2.95. The highest BCUT2D eigenvalue weighted by Gasteiger charge is 1.97. The molecule has 242 valence electrons. The molecule has 40 heavy (non-hydrogen) atoms. The first-order valence-corrected chi connectivity index (χ1v) is 18.2. The Kier molecular flexibility index (Phi) is 42.1. The molecule has 0 aliphatic rings. The number of carbonyl (C=O) groups is 1. The van der Waals surface area contributed by atoms with Crippen molar-refractivity contribution in [1.82, 2.24) is 0 Å². The predicted octanol–water partition coefficient (Wildman–Crippen LogP) is 11.5. The highest BCUT2D eigenvalue weighted by Crippen LogP contribution is 2.15. The van der Waals surface area contributed by atoms with Gasteiger partial charge < -0.3 is 15.9 Å². The largest absolute Gasteiger partial charge is 0.481 e. The Bertz CT molecular complexity index is 428. The molecule has 0 amide bonds. The molecule has 0 radical (unpaired) electrons. The molecule has 0 aromatic rings. The number of unbranched alkanes of at least 4 members (excludes halogenated alkanes) is 29. The zero-order valence-corrected chi connectivity index (χ0v) is 27.4. The topological polar surface area (TPSA) is 83.6 Å². The van der Waals surface area contributed by atoms with Gasteiger partial charge in [0.25, 0.3) is 0 Å². The Morgan fingerprint density at radius 3 is 0.925 bits per heavy atom. The second kappa shape index (κ2) is 40.5. The van der Waals surface area contributed by atoms with Gasteiger partial charge >= 0.3 is 5.97 Å². The number of carboxylic acid groups (broad SMARTS) is 1. The van der Waals surface area contributed by atoms with Gasteiger partial charge in [-0.25, -0.2) is 0 Å². The minimum Gasteiger partial charge on any atom is -0.481 e. The molecule has 0 rings (SSSR count). The van der Waals surface area contributed by atoms with E-state index >= 15 is 0 Å². The van der Waals surface area contributed by atoms with Crippen LogP contribution in [-0.2, 0) is 4.79 Å². The van der Waals surface area contributed by atoms with E-state index in [1.165, 1.54) is 180 Å². The molecule has 0 saturated carbocycles. The van der Waals surface area contributed by atoms with Crippen LogP contribution in [0.4, 0.5) is 0 Å². The van der Waals surface area contributed by atoms with E-state index in [0.29, 0.717) is 13.0 Å². The van der Waals surface area contributed by atoms with Crippen LogP contribution in [0, 0.1) is 0 Å². The maximum atomic E-state index is 10.3. The van der Waals surface area contributed by atoms with E-state index in [-0.39, 0.29) is 0 Å². The number of rotatable bonds is 33. The summed E-state index contributed by atoms with van der Waals surface area (Å²) in [7, 11) is 0. The molecule has 0 fully saturated rings. The van der Waals surface area contributed by atoms with E-state index in [0.717, 1.165) is 25.8 Å². The minimum absolute atomic E-state index is 0.333. The Labute approximate surface area is 252 Å². The molecule has 0 heterocycles. The zero-order chi connectivity index (χ0) is 29.6. The van der Waals surface area contributed by atoms with Crippen molar-refractivity contribution in [2.45, 2.75) is 212 Å². The third kappa shape index (κ3) is 44.4. The minimum atomic E-state index is -0.664. The van der Waals surface area contributed by atoms with Crippen LogP contribution in [0.1, 0.15) is 212 Å². The van der Waals surface area contributed by atoms with Crippen molar-refractivity contribution in [3.05, 3.63) is 0 Å². The first-order chi connectivity index (χ1) is 19.7. The van der Waals surface area contributed by atoms with Crippen LogP contribution >= 0.6 is 0 Å². The standard InChI is InChI=1S/C18H39N.C18H36O3/c1-2-3-4-5-6-7-8-9-10-11-12-13-14-15-16-17-18-19;19-17-15-13-11-9-7-5-3-1-2-4-6-8-10-12-14-16-18(20)21/h2-19H2,1H3;19H,1-17H2,(H,20,21). The molecule has 4 nitrogen and oxygen atoms in total. The molecule has 4 N–H and O–H groups in total. The fourth-order valence-electron chi connectivity index (χ4n) is 5.38. The molecule has 0 atom stereocenters. The van der Waals surface area contributed by atoms with Gasteiger partial charge in [-0.2, -0.15) is 0 Å². The van der Waals surface area contributed by atoms with Gasteiger partial charge in [-0.05, 0) is 25.8 Å².